The Morgan fingerprint density at radius 1 is 1.36 bits per heavy atom. The maximum Gasteiger partial charge on any atom is 0.321 e. The van der Waals surface area contributed by atoms with Crippen LogP contribution in [0.1, 0.15) is 19.4 Å². The van der Waals surface area contributed by atoms with E-state index < -0.39 is 22.0 Å². The van der Waals surface area contributed by atoms with Gasteiger partial charge in [0.05, 0.1) is 7.11 Å². The van der Waals surface area contributed by atoms with E-state index in [2.05, 4.69) is 5.32 Å². The first-order chi connectivity index (χ1) is 10.2. The molecule has 0 fully saturated rings. The van der Waals surface area contributed by atoms with Gasteiger partial charge >= 0.3 is 5.97 Å². The number of nitrogens with one attached hydrogen (secondary N) is 2. The molecule has 0 heterocycles. The van der Waals surface area contributed by atoms with Crippen molar-refractivity contribution in [3.05, 3.63) is 23.8 Å². The molecule has 9 heteroatoms. The molecule has 0 spiro atoms. The Hall–Kier alpha value is -2.13. The smallest absolute Gasteiger partial charge is 0.321 e. The van der Waals surface area contributed by atoms with E-state index in [1.54, 1.807) is 6.07 Å². The zero-order valence-electron chi connectivity index (χ0n) is 12.4. The second-order valence-corrected chi connectivity index (χ2v) is 6.26. The molecule has 0 saturated carbocycles. The van der Waals surface area contributed by atoms with Crippen LogP contribution in [0.4, 0.5) is 0 Å². The van der Waals surface area contributed by atoms with Crippen LogP contribution in [0, 0.1) is 0 Å². The molecule has 0 radical (unpaired) electrons. The fraction of sp³-hybridized carbons (Fsp3) is 0.385. The Morgan fingerprint density at radius 3 is 2.50 bits per heavy atom. The minimum absolute atomic E-state index is 0.0802. The number of benzene rings is 1. The summed E-state index contributed by atoms with van der Waals surface area (Å²) in [5.74, 6) is -1.47. The normalized spacial score (nSPS) is 12.5. The van der Waals surface area contributed by atoms with Crippen molar-refractivity contribution in [1.82, 2.24) is 10.0 Å². The first-order valence-electron chi connectivity index (χ1n) is 6.34. The summed E-state index contributed by atoms with van der Waals surface area (Å²) >= 11 is 0. The van der Waals surface area contributed by atoms with Crippen LogP contribution in [-0.4, -0.2) is 38.6 Å². The summed E-state index contributed by atoms with van der Waals surface area (Å²) in [6, 6.07) is 3.09. The van der Waals surface area contributed by atoms with Gasteiger partial charge in [-0.05, 0) is 24.6 Å². The molecule has 1 aromatic rings. The van der Waals surface area contributed by atoms with Gasteiger partial charge in [-0.25, -0.2) is 8.42 Å². The minimum atomic E-state index is -4.08. The number of methoxy groups -OCH3 is 1. The Kier molecular flexibility index (Phi) is 5.89. The lowest BCUT2D eigenvalue weighted by Gasteiger charge is -2.14. The molecule has 0 aliphatic rings. The predicted octanol–water partition coefficient (Wildman–Crippen LogP) is 0.0827. The summed E-state index contributed by atoms with van der Waals surface area (Å²) in [4.78, 5) is 21.5. The van der Waals surface area contributed by atoms with Crippen molar-refractivity contribution in [2.24, 2.45) is 0 Å². The van der Waals surface area contributed by atoms with Gasteiger partial charge in [-0.1, -0.05) is 6.07 Å². The van der Waals surface area contributed by atoms with Crippen LogP contribution >= 0.6 is 0 Å². The second-order valence-electron chi connectivity index (χ2n) is 4.58. The first-order valence-corrected chi connectivity index (χ1v) is 7.82. The molecule has 3 N–H and O–H groups in total. The first kappa shape index (κ1) is 17.9. The van der Waals surface area contributed by atoms with Crippen LogP contribution in [0.25, 0.3) is 0 Å². The number of ether oxygens (including phenoxy) is 1. The van der Waals surface area contributed by atoms with Crippen LogP contribution in [0.5, 0.6) is 5.75 Å². The molecule has 0 saturated heterocycles. The van der Waals surface area contributed by atoms with E-state index in [9.17, 15) is 18.0 Å². The molecular formula is C13H18N2O6S. The molecule has 1 rings (SSSR count). The fourth-order valence-corrected chi connectivity index (χ4v) is 3.03. The maximum absolute atomic E-state index is 12.3. The lowest BCUT2D eigenvalue weighted by atomic mass is 10.2. The van der Waals surface area contributed by atoms with Crippen LogP contribution in [0.15, 0.2) is 23.1 Å². The molecule has 8 nitrogen and oxygen atoms in total. The number of amides is 1. The molecule has 0 aliphatic carbocycles. The zero-order chi connectivity index (χ0) is 16.9. The zero-order valence-corrected chi connectivity index (χ0v) is 13.2. The lowest BCUT2D eigenvalue weighted by molar-refractivity contribution is -0.138. The van der Waals surface area contributed by atoms with Gasteiger partial charge in [-0.15, -0.1) is 0 Å². The quantitative estimate of drug-likeness (QED) is 0.651. The van der Waals surface area contributed by atoms with Gasteiger partial charge in [-0.3, -0.25) is 9.59 Å². The van der Waals surface area contributed by atoms with Crippen molar-refractivity contribution in [3.63, 3.8) is 0 Å². The molecule has 1 atom stereocenters. The second kappa shape index (κ2) is 7.23. The van der Waals surface area contributed by atoms with E-state index in [-0.39, 0.29) is 23.1 Å². The topological polar surface area (TPSA) is 122 Å². The van der Waals surface area contributed by atoms with Crippen LogP contribution in [-0.2, 0) is 26.2 Å². The van der Waals surface area contributed by atoms with Gasteiger partial charge in [0.25, 0.3) is 0 Å². The van der Waals surface area contributed by atoms with Gasteiger partial charge < -0.3 is 15.2 Å². The monoisotopic (exact) mass is 330 g/mol. The molecule has 0 aromatic heterocycles. The Bertz CT molecular complexity index is 671. The third-order valence-electron chi connectivity index (χ3n) is 2.76. The van der Waals surface area contributed by atoms with Crippen LogP contribution < -0.4 is 14.8 Å². The summed E-state index contributed by atoms with van der Waals surface area (Å²) < 4.78 is 31.6. The Morgan fingerprint density at radius 2 is 2.00 bits per heavy atom. The molecule has 22 heavy (non-hydrogen) atoms. The number of sulfonamides is 1. The summed E-state index contributed by atoms with van der Waals surface area (Å²) in [6.07, 6.45) is 0. The van der Waals surface area contributed by atoms with Gasteiger partial charge in [0.1, 0.15) is 16.7 Å². The highest BCUT2D eigenvalue weighted by atomic mass is 32.2. The minimum Gasteiger partial charge on any atom is -0.495 e. The van der Waals surface area contributed by atoms with Gasteiger partial charge in [0, 0.05) is 13.5 Å². The largest absolute Gasteiger partial charge is 0.495 e. The maximum atomic E-state index is 12.3. The fourth-order valence-electron chi connectivity index (χ4n) is 1.61. The highest BCUT2D eigenvalue weighted by Gasteiger charge is 2.25. The number of rotatable bonds is 7. The van der Waals surface area contributed by atoms with Gasteiger partial charge in [0.2, 0.25) is 15.9 Å². The van der Waals surface area contributed by atoms with Gasteiger partial charge in [-0.2, -0.15) is 4.72 Å². The average Bonchev–Trinajstić information content (AvgIpc) is 2.44. The molecular weight excluding hydrogens is 312 g/mol. The number of hydrogen-bond donors (Lipinski definition) is 3. The van der Waals surface area contributed by atoms with Crippen molar-refractivity contribution in [1.29, 1.82) is 0 Å². The van der Waals surface area contributed by atoms with E-state index in [0.29, 0.717) is 5.56 Å². The van der Waals surface area contributed by atoms with E-state index in [4.69, 9.17) is 9.84 Å². The molecule has 1 aromatic carbocycles. The van der Waals surface area contributed by atoms with E-state index in [1.807, 2.05) is 4.72 Å². The molecule has 0 aliphatic heterocycles. The van der Waals surface area contributed by atoms with E-state index >= 15 is 0 Å². The number of carboxylic acid groups (broad SMARTS) is 1. The number of carbonyl (C=O) groups excluding carboxylic acids is 1. The average molecular weight is 330 g/mol. The highest BCUT2D eigenvalue weighted by Crippen LogP contribution is 2.25. The summed E-state index contributed by atoms with van der Waals surface area (Å²) in [5, 5.41) is 11.4. The molecule has 0 unspecified atom stereocenters. The van der Waals surface area contributed by atoms with Crippen molar-refractivity contribution < 1.29 is 27.9 Å². The molecule has 122 valence electrons. The third-order valence-corrected chi connectivity index (χ3v) is 4.32. The van der Waals surface area contributed by atoms with E-state index in [0.717, 1.165) is 0 Å². The number of hydrogen-bond acceptors (Lipinski definition) is 5. The third kappa shape index (κ3) is 4.71. The Balaban J connectivity index is 3.16. The molecule has 0 bridgehead atoms. The SMILES string of the molecule is COc1ccc(CNC(C)=O)cc1S(=O)(=O)N[C@H](C)C(=O)O. The Labute approximate surface area is 128 Å². The van der Waals surface area contributed by atoms with Crippen LogP contribution in [0.2, 0.25) is 0 Å². The van der Waals surface area contributed by atoms with Crippen molar-refractivity contribution in [3.8, 4) is 5.75 Å². The molecule has 1 amide bonds. The standard InChI is InChI=1S/C13H18N2O6S/c1-8(13(17)18)15-22(19,20)12-6-10(7-14-9(2)16)4-5-11(12)21-3/h4-6,8,15H,7H2,1-3H3,(H,14,16)(H,17,18)/t8-/m1/s1. The summed E-state index contributed by atoms with van der Waals surface area (Å²) in [6.45, 7) is 2.71. The summed E-state index contributed by atoms with van der Waals surface area (Å²) in [7, 11) is -2.77. The van der Waals surface area contributed by atoms with Crippen LogP contribution in [0.3, 0.4) is 0 Å². The summed E-state index contributed by atoms with van der Waals surface area (Å²) in [5.41, 5.74) is 0.541. The highest BCUT2D eigenvalue weighted by molar-refractivity contribution is 7.89. The van der Waals surface area contributed by atoms with E-state index in [1.165, 1.54) is 33.1 Å². The number of carboxylic acids is 1. The number of aliphatic carboxylic acids is 1. The van der Waals surface area contributed by atoms with Crippen molar-refractivity contribution >= 4 is 21.9 Å². The van der Waals surface area contributed by atoms with Crippen molar-refractivity contribution in [2.45, 2.75) is 31.3 Å². The lowest BCUT2D eigenvalue weighted by Crippen LogP contribution is -2.38. The van der Waals surface area contributed by atoms with Crippen molar-refractivity contribution in [2.75, 3.05) is 7.11 Å². The van der Waals surface area contributed by atoms with Gasteiger partial charge in [0.15, 0.2) is 0 Å². The number of carbonyl (C=O) groups is 2. The predicted molar refractivity (Wildman–Crippen MR) is 77.9 cm³/mol.